The highest BCUT2D eigenvalue weighted by atomic mass is 19.4. The Kier molecular flexibility index (Phi) is 5.04. The van der Waals surface area contributed by atoms with E-state index in [0.29, 0.717) is 24.7 Å². The normalized spacial score (nSPS) is 26.1. The molecule has 2 fully saturated rings. The number of piperidine rings is 1. The molecule has 0 bridgehead atoms. The minimum atomic E-state index is -4.04. The predicted molar refractivity (Wildman–Crippen MR) is 75.6 cm³/mol. The first-order chi connectivity index (χ1) is 9.34. The molecule has 0 amide bonds. The van der Waals surface area contributed by atoms with Crippen LogP contribution in [0.25, 0.3) is 0 Å². The third kappa shape index (κ3) is 3.49. The van der Waals surface area contributed by atoms with Crippen molar-refractivity contribution in [2.75, 3.05) is 19.6 Å². The number of likely N-dealkylation sites (tertiary alicyclic amines) is 1. The number of halogens is 3. The van der Waals surface area contributed by atoms with Crippen molar-refractivity contribution in [3.05, 3.63) is 0 Å². The van der Waals surface area contributed by atoms with Crippen LogP contribution in [-0.2, 0) is 0 Å². The van der Waals surface area contributed by atoms with Crippen molar-refractivity contribution in [1.82, 2.24) is 4.90 Å². The summed E-state index contributed by atoms with van der Waals surface area (Å²) < 4.78 is 40.6. The second-order valence-electron chi connectivity index (χ2n) is 7.20. The summed E-state index contributed by atoms with van der Waals surface area (Å²) in [5.74, 6) is 1.35. The maximum atomic E-state index is 13.5. The molecule has 1 heterocycles. The Balaban J connectivity index is 1.96. The molecule has 0 atom stereocenters. The zero-order valence-corrected chi connectivity index (χ0v) is 12.8. The van der Waals surface area contributed by atoms with Gasteiger partial charge in [0, 0.05) is 6.54 Å². The Morgan fingerprint density at radius 2 is 1.60 bits per heavy atom. The first-order valence-corrected chi connectivity index (χ1v) is 8.13. The molecule has 1 aliphatic carbocycles. The Hall–Kier alpha value is -0.250. The van der Waals surface area contributed by atoms with Gasteiger partial charge in [0.05, 0.1) is 5.41 Å². The van der Waals surface area contributed by atoms with Gasteiger partial charge in [-0.25, -0.2) is 0 Å². The fourth-order valence-corrected chi connectivity index (χ4v) is 3.97. The van der Waals surface area contributed by atoms with Crippen LogP contribution in [0.1, 0.15) is 58.8 Å². The van der Waals surface area contributed by atoms with Crippen molar-refractivity contribution in [2.24, 2.45) is 17.3 Å². The van der Waals surface area contributed by atoms with Crippen LogP contribution in [0.2, 0.25) is 0 Å². The Labute approximate surface area is 120 Å². The van der Waals surface area contributed by atoms with Crippen molar-refractivity contribution in [2.45, 2.75) is 65.0 Å². The highest BCUT2D eigenvalue weighted by molar-refractivity contribution is 4.92. The van der Waals surface area contributed by atoms with Crippen LogP contribution in [0.4, 0.5) is 13.2 Å². The zero-order chi connectivity index (χ0) is 14.8. The monoisotopic (exact) mass is 291 g/mol. The lowest BCUT2D eigenvalue weighted by Crippen LogP contribution is -2.50. The molecule has 1 aliphatic heterocycles. The van der Waals surface area contributed by atoms with Gasteiger partial charge in [-0.05, 0) is 50.6 Å². The van der Waals surface area contributed by atoms with Crippen LogP contribution >= 0.6 is 0 Å². The number of hydrogen-bond donors (Lipinski definition) is 0. The Morgan fingerprint density at radius 3 is 2.05 bits per heavy atom. The molecule has 118 valence electrons. The average molecular weight is 291 g/mol. The zero-order valence-electron chi connectivity index (χ0n) is 12.8. The second kappa shape index (κ2) is 6.25. The van der Waals surface area contributed by atoms with E-state index in [-0.39, 0.29) is 6.54 Å². The van der Waals surface area contributed by atoms with Crippen molar-refractivity contribution in [3.8, 4) is 0 Å². The van der Waals surface area contributed by atoms with Gasteiger partial charge in [0.15, 0.2) is 0 Å². The average Bonchev–Trinajstić information content (AvgIpc) is 2.39. The van der Waals surface area contributed by atoms with Crippen LogP contribution in [0, 0.1) is 17.3 Å². The lowest BCUT2D eigenvalue weighted by molar-refractivity contribution is -0.240. The highest BCUT2D eigenvalue weighted by Gasteiger charge is 2.55. The van der Waals surface area contributed by atoms with Crippen LogP contribution in [0.15, 0.2) is 0 Å². The van der Waals surface area contributed by atoms with E-state index in [1.165, 1.54) is 0 Å². The summed E-state index contributed by atoms with van der Waals surface area (Å²) in [6.45, 7) is 6.38. The molecule has 1 nitrogen and oxygen atoms in total. The summed E-state index contributed by atoms with van der Waals surface area (Å²) in [5.41, 5.74) is -1.42. The maximum absolute atomic E-state index is 13.5. The summed E-state index contributed by atoms with van der Waals surface area (Å²) >= 11 is 0. The number of nitrogens with zero attached hydrogens (tertiary/aromatic N) is 1. The molecule has 0 aromatic rings. The van der Waals surface area contributed by atoms with Gasteiger partial charge in [-0.1, -0.05) is 33.1 Å². The van der Waals surface area contributed by atoms with E-state index in [9.17, 15) is 13.2 Å². The second-order valence-corrected chi connectivity index (χ2v) is 7.20. The van der Waals surface area contributed by atoms with Crippen LogP contribution < -0.4 is 0 Å². The molecule has 0 spiro atoms. The van der Waals surface area contributed by atoms with Gasteiger partial charge in [0.25, 0.3) is 0 Å². The first kappa shape index (κ1) is 16.1. The van der Waals surface area contributed by atoms with Crippen molar-refractivity contribution >= 4 is 0 Å². The summed E-state index contributed by atoms with van der Waals surface area (Å²) in [6.07, 6.45) is 1.19. The van der Waals surface area contributed by atoms with E-state index in [1.807, 2.05) is 0 Å². The molecule has 1 saturated heterocycles. The van der Waals surface area contributed by atoms with Crippen molar-refractivity contribution in [1.29, 1.82) is 0 Å². The van der Waals surface area contributed by atoms with Crippen molar-refractivity contribution < 1.29 is 13.2 Å². The minimum Gasteiger partial charge on any atom is -0.302 e. The smallest absolute Gasteiger partial charge is 0.302 e. The van der Waals surface area contributed by atoms with Gasteiger partial charge < -0.3 is 4.90 Å². The molecule has 0 unspecified atom stereocenters. The van der Waals surface area contributed by atoms with Gasteiger partial charge in [-0.15, -0.1) is 0 Å². The van der Waals surface area contributed by atoms with Gasteiger partial charge in [0.1, 0.15) is 0 Å². The molecule has 0 aromatic heterocycles. The van der Waals surface area contributed by atoms with E-state index in [4.69, 9.17) is 0 Å². The van der Waals surface area contributed by atoms with Gasteiger partial charge in [-0.3, -0.25) is 0 Å². The summed E-state index contributed by atoms with van der Waals surface area (Å²) in [4.78, 5) is 2.08. The number of hydrogen-bond acceptors (Lipinski definition) is 1. The van der Waals surface area contributed by atoms with Crippen LogP contribution in [0.3, 0.4) is 0 Å². The van der Waals surface area contributed by atoms with Gasteiger partial charge >= 0.3 is 6.18 Å². The highest BCUT2D eigenvalue weighted by Crippen LogP contribution is 2.49. The quantitative estimate of drug-likeness (QED) is 0.717. The summed E-state index contributed by atoms with van der Waals surface area (Å²) in [5, 5.41) is 0. The molecule has 0 N–H and O–H groups in total. The van der Waals surface area contributed by atoms with Gasteiger partial charge in [-0.2, -0.15) is 13.2 Å². The molecule has 4 heteroatoms. The van der Waals surface area contributed by atoms with E-state index in [2.05, 4.69) is 18.7 Å². The van der Waals surface area contributed by atoms with Crippen molar-refractivity contribution in [3.63, 3.8) is 0 Å². The molecule has 0 aromatic carbocycles. The first-order valence-electron chi connectivity index (χ1n) is 8.13. The molecule has 1 saturated carbocycles. The number of rotatable bonds is 3. The third-order valence-corrected chi connectivity index (χ3v) is 5.51. The largest absolute Gasteiger partial charge is 0.395 e. The Morgan fingerprint density at radius 1 is 1.05 bits per heavy atom. The maximum Gasteiger partial charge on any atom is 0.395 e. The lowest BCUT2D eigenvalue weighted by atomic mass is 9.72. The lowest BCUT2D eigenvalue weighted by Gasteiger charge is -2.44. The summed E-state index contributed by atoms with van der Waals surface area (Å²) in [6, 6.07) is 0. The van der Waals surface area contributed by atoms with E-state index >= 15 is 0 Å². The van der Waals surface area contributed by atoms with Gasteiger partial charge in [0.2, 0.25) is 0 Å². The fourth-order valence-electron chi connectivity index (χ4n) is 3.97. The van der Waals surface area contributed by atoms with E-state index in [0.717, 1.165) is 45.2 Å². The standard InChI is InChI=1S/C16H28F3N/c1-13(2)14-6-10-20(11-7-14)12-15(16(17,18)19)8-4-3-5-9-15/h13-14H,3-12H2,1-2H3. The van der Waals surface area contributed by atoms with E-state index < -0.39 is 11.6 Å². The van der Waals surface area contributed by atoms with Crippen LogP contribution in [-0.4, -0.2) is 30.7 Å². The molecule has 0 radical (unpaired) electrons. The van der Waals surface area contributed by atoms with Crippen LogP contribution in [0.5, 0.6) is 0 Å². The minimum absolute atomic E-state index is 0.237. The Bertz CT molecular complexity index is 297. The molecule has 2 aliphatic rings. The predicted octanol–water partition coefficient (Wildman–Crippen LogP) is 4.87. The summed E-state index contributed by atoms with van der Waals surface area (Å²) in [7, 11) is 0. The fraction of sp³-hybridized carbons (Fsp3) is 1.00. The topological polar surface area (TPSA) is 3.24 Å². The number of alkyl halides is 3. The molecule has 20 heavy (non-hydrogen) atoms. The third-order valence-electron chi connectivity index (χ3n) is 5.51. The van der Waals surface area contributed by atoms with E-state index in [1.54, 1.807) is 0 Å². The molecule has 2 rings (SSSR count). The SMILES string of the molecule is CC(C)C1CCN(CC2(C(F)(F)F)CCCCC2)CC1. The molecular formula is C16H28F3N. The molecular weight excluding hydrogens is 263 g/mol.